The molecular weight excluding hydrogens is 891 g/mol. The van der Waals surface area contributed by atoms with Crippen LogP contribution in [0.3, 0.4) is 0 Å². The molecule has 0 fully saturated rings. The Labute approximate surface area is 440 Å². The molecular formula is C71H84F2. The summed E-state index contributed by atoms with van der Waals surface area (Å²) in [5, 5.41) is 0. The first-order valence-electron chi connectivity index (χ1n) is 26.6. The average molecular weight is 975 g/mol. The van der Waals surface area contributed by atoms with Crippen molar-refractivity contribution >= 4 is 27.9 Å². The maximum Gasteiger partial charge on any atom is 0.139 e. The van der Waals surface area contributed by atoms with E-state index in [4.69, 9.17) is 6.58 Å². The Morgan fingerprint density at radius 3 is 1.41 bits per heavy atom. The molecule has 0 amide bonds. The zero-order valence-electron chi connectivity index (χ0n) is 47.6. The number of halogens is 2. The number of rotatable bonds is 14. The third-order valence-electron chi connectivity index (χ3n) is 14.5. The molecule has 0 N–H and O–H groups in total. The van der Waals surface area contributed by atoms with Crippen LogP contribution in [0.1, 0.15) is 189 Å². The van der Waals surface area contributed by atoms with Crippen molar-refractivity contribution in [3.05, 3.63) is 241 Å². The van der Waals surface area contributed by atoms with Gasteiger partial charge in [-0.1, -0.05) is 242 Å². The average Bonchev–Trinajstić information content (AvgIpc) is 3.31. The fraction of sp³-hybridized carbons (Fsp3) is 0.352. The molecule has 6 aromatic rings. The van der Waals surface area contributed by atoms with Gasteiger partial charge in [0.15, 0.2) is 0 Å². The van der Waals surface area contributed by atoms with E-state index in [9.17, 15) is 0 Å². The molecule has 2 heteroatoms. The maximum absolute atomic E-state index is 20.0. The van der Waals surface area contributed by atoms with Crippen LogP contribution in [-0.4, -0.2) is 0 Å². The summed E-state index contributed by atoms with van der Waals surface area (Å²) >= 11 is 0. The quantitative estimate of drug-likeness (QED) is 0.0754. The van der Waals surface area contributed by atoms with Crippen LogP contribution < -0.4 is 0 Å². The molecule has 0 atom stereocenters. The Morgan fingerprint density at radius 2 is 0.973 bits per heavy atom. The molecule has 0 unspecified atom stereocenters. The molecule has 0 heterocycles. The number of allylic oxidation sites excluding steroid dienone is 9. The largest absolute Gasteiger partial charge is 0.206 e. The van der Waals surface area contributed by atoms with Crippen LogP contribution in [0.15, 0.2) is 163 Å². The van der Waals surface area contributed by atoms with Gasteiger partial charge in [0.25, 0.3) is 0 Å². The van der Waals surface area contributed by atoms with Crippen molar-refractivity contribution in [2.24, 2.45) is 0 Å². The SMILES string of the molecule is C=C(CCCC)/C(Cc1ccc(C(C)(C)C)cc1)=C(/C=C(/C(F)=C(/C(=C(\C)c1ccc(C(C)(C)C)cc1)c1ccccc1F)c1ccc(C(C)(C)C)cc1)c1c(C)cc(C)cc1C)c1ccc(C(C)(C)C)cc1. The van der Waals surface area contributed by atoms with Crippen molar-refractivity contribution in [2.75, 3.05) is 0 Å². The van der Waals surface area contributed by atoms with Gasteiger partial charge in [0.2, 0.25) is 0 Å². The molecule has 0 spiro atoms. The van der Waals surface area contributed by atoms with Crippen LogP contribution in [0.5, 0.6) is 0 Å². The highest BCUT2D eigenvalue weighted by Gasteiger charge is 2.28. The summed E-state index contributed by atoms with van der Waals surface area (Å²) in [5.41, 5.74) is 17.4. The van der Waals surface area contributed by atoms with Crippen molar-refractivity contribution in [1.29, 1.82) is 0 Å². The Morgan fingerprint density at radius 1 is 0.548 bits per heavy atom. The van der Waals surface area contributed by atoms with Crippen LogP contribution in [0.25, 0.3) is 27.9 Å². The maximum atomic E-state index is 20.0. The van der Waals surface area contributed by atoms with E-state index in [-0.39, 0.29) is 21.7 Å². The Bertz CT molecular complexity index is 3020. The number of unbranched alkanes of at least 4 members (excludes halogenated alkanes) is 1. The summed E-state index contributed by atoms with van der Waals surface area (Å²) in [6.07, 6.45) is 5.51. The second kappa shape index (κ2) is 22.6. The molecule has 0 bridgehead atoms. The Kier molecular flexibility index (Phi) is 17.4. The highest BCUT2D eigenvalue weighted by molar-refractivity contribution is 6.18. The molecule has 0 aromatic heterocycles. The highest BCUT2D eigenvalue weighted by Crippen LogP contribution is 2.47. The van der Waals surface area contributed by atoms with E-state index < -0.39 is 11.6 Å². The summed E-state index contributed by atoms with van der Waals surface area (Å²) in [6.45, 7) is 41.9. The highest BCUT2D eigenvalue weighted by atomic mass is 19.1. The molecule has 6 aromatic carbocycles. The molecule has 0 aliphatic rings. The monoisotopic (exact) mass is 975 g/mol. The molecule has 382 valence electrons. The predicted octanol–water partition coefficient (Wildman–Crippen LogP) is 20.8. The normalized spacial score (nSPS) is 13.9. The van der Waals surface area contributed by atoms with Crippen LogP contribution in [0.4, 0.5) is 8.78 Å². The first-order valence-corrected chi connectivity index (χ1v) is 26.6. The van der Waals surface area contributed by atoms with Crippen molar-refractivity contribution in [2.45, 2.75) is 165 Å². The number of aryl methyl sites for hydroxylation is 3. The van der Waals surface area contributed by atoms with Crippen LogP contribution in [0, 0.1) is 26.6 Å². The van der Waals surface area contributed by atoms with Crippen LogP contribution in [-0.2, 0) is 28.1 Å². The second-order valence-electron chi connectivity index (χ2n) is 24.7. The van der Waals surface area contributed by atoms with Gasteiger partial charge >= 0.3 is 0 Å². The zero-order valence-corrected chi connectivity index (χ0v) is 47.6. The minimum Gasteiger partial charge on any atom is -0.206 e. The topological polar surface area (TPSA) is 0 Å². The molecule has 0 saturated heterocycles. The van der Waals surface area contributed by atoms with E-state index >= 15 is 8.78 Å². The Balaban J connectivity index is 1.87. The van der Waals surface area contributed by atoms with E-state index in [0.29, 0.717) is 34.3 Å². The van der Waals surface area contributed by atoms with Crippen LogP contribution >= 0.6 is 0 Å². The first-order chi connectivity index (χ1) is 34.1. The van der Waals surface area contributed by atoms with E-state index in [1.54, 1.807) is 12.1 Å². The number of hydrogen-bond acceptors (Lipinski definition) is 0. The lowest BCUT2D eigenvalue weighted by Crippen LogP contribution is -2.11. The molecule has 6 rings (SSSR count). The Hall–Kier alpha value is -6.12. The summed E-state index contributed by atoms with van der Waals surface area (Å²) in [5.74, 6) is -0.848. The van der Waals surface area contributed by atoms with Gasteiger partial charge in [0, 0.05) is 16.7 Å². The summed E-state index contributed by atoms with van der Waals surface area (Å²) in [6, 6.07) is 45.7. The predicted molar refractivity (Wildman–Crippen MR) is 315 cm³/mol. The van der Waals surface area contributed by atoms with Crippen molar-refractivity contribution in [3.8, 4) is 0 Å². The summed E-state index contributed by atoms with van der Waals surface area (Å²) < 4.78 is 36.9. The molecule has 0 radical (unpaired) electrons. The van der Waals surface area contributed by atoms with Crippen molar-refractivity contribution in [1.82, 2.24) is 0 Å². The second-order valence-corrected chi connectivity index (χ2v) is 24.7. The zero-order chi connectivity index (χ0) is 53.8. The minimum absolute atomic E-state index is 0.00210. The van der Waals surface area contributed by atoms with Crippen molar-refractivity contribution in [3.63, 3.8) is 0 Å². The fourth-order valence-corrected chi connectivity index (χ4v) is 9.97. The van der Waals surface area contributed by atoms with E-state index in [0.717, 1.165) is 86.1 Å². The lowest BCUT2D eigenvalue weighted by Gasteiger charge is -2.25. The molecule has 0 saturated carbocycles. The van der Waals surface area contributed by atoms with E-state index in [1.165, 1.54) is 22.8 Å². The summed E-state index contributed by atoms with van der Waals surface area (Å²) in [4.78, 5) is 0. The lowest BCUT2D eigenvalue weighted by molar-refractivity contribution is 0.590. The third-order valence-corrected chi connectivity index (χ3v) is 14.5. The lowest BCUT2D eigenvalue weighted by atomic mass is 9.80. The minimum atomic E-state index is -0.431. The van der Waals surface area contributed by atoms with Gasteiger partial charge in [-0.05, 0) is 164 Å². The third kappa shape index (κ3) is 13.5. The molecule has 0 nitrogen and oxygen atoms in total. The van der Waals surface area contributed by atoms with Gasteiger partial charge in [-0.3, -0.25) is 0 Å². The molecule has 73 heavy (non-hydrogen) atoms. The van der Waals surface area contributed by atoms with Gasteiger partial charge in [-0.15, -0.1) is 0 Å². The standard InChI is InChI=1S/C71H84F2/c1-19-20-23-47(3)60(44-51-26-34-55(35-27-51)68(7,8)9)61(53-30-38-57(39-31-53)70(13,14)15)45-62(64-48(4)42-46(2)43-49(64)5)67(73)66(54-32-40-58(41-33-54)71(16,17)18)65(59-24-21-22-25-63(59)72)50(6)52-28-36-56(37-29-52)69(10,11)12/h21-22,24-43,45H,3,19-20,23,44H2,1-2,4-18H3/b61-60-,62-45+,65-50+,67-66-. The smallest absolute Gasteiger partial charge is 0.139 e. The molecule has 0 aliphatic heterocycles. The van der Waals surface area contributed by atoms with Crippen LogP contribution in [0.2, 0.25) is 0 Å². The van der Waals surface area contributed by atoms with Gasteiger partial charge in [0.05, 0.1) is 0 Å². The first kappa shape index (κ1) is 56.2. The van der Waals surface area contributed by atoms with Gasteiger partial charge in [-0.25, -0.2) is 8.78 Å². The molecule has 0 aliphatic carbocycles. The number of hydrogen-bond donors (Lipinski definition) is 0. The van der Waals surface area contributed by atoms with E-state index in [2.05, 4.69) is 214 Å². The van der Waals surface area contributed by atoms with Crippen molar-refractivity contribution < 1.29 is 8.78 Å². The number of benzene rings is 6. The summed E-state index contributed by atoms with van der Waals surface area (Å²) in [7, 11) is 0. The fourth-order valence-electron chi connectivity index (χ4n) is 9.97. The van der Waals surface area contributed by atoms with Gasteiger partial charge in [-0.2, -0.15) is 0 Å². The van der Waals surface area contributed by atoms with Gasteiger partial charge in [0.1, 0.15) is 11.6 Å². The van der Waals surface area contributed by atoms with E-state index in [1.807, 2.05) is 25.1 Å². The van der Waals surface area contributed by atoms with Gasteiger partial charge < -0.3 is 0 Å².